The van der Waals surface area contributed by atoms with E-state index in [-0.39, 0.29) is 6.10 Å². The third kappa shape index (κ3) is 4.21. The molecule has 1 aliphatic rings. The molecule has 1 fully saturated rings. The summed E-state index contributed by atoms with van der Waals surface area (Å²) in [5.41, 5.74) is 6.70. The first-order valence-electron chi connectivity index (χ1n) is 6.86. The van der Waals surface area contributed by atoms with Crippen LogP contribution < -0.4 is 10.5 Å². The highest BCUT2D eigenvalue weighted by Gasteiger charge is 2.16. The molecule has 0 amide bonds. The molecule has 20 heavy (non-hydrogen) atoms. The van der Waals surface area contributed by atoms with Gasteiger partial charge in [-0.1, -0.05) is 12.1 Å². The Bertz CT molecular complexity index is 426. The summed E-state index contributed by atoms with van der Waals surface area (Å²) in [5, 5.41) is 0. The van der Waals surface area contributed by atoms with Gasteiger partial charge < -0.3 is 19.9 Å². The van der Waals surface area contributed by atoms with Gasteiger partial charge >= 0.3 is 5.97 Å². The largest absolute Gasteiger partial charge is 0.491 e. The summed E-state index contributed by atoms with van der Waals surface area (Å²) in [6.45, 7) is 1.42. The van der Waals surface area contributed by atoms with E-state index >= 15 is 0 Å². The van der Waals surface area contributed by atoms with Crippen LogP contribution in [0, 0.1) is 0 Å². The highest BCUT2D eigenvalue weighted by Crippen LogP contribution is 2.17. The zero-order valence-electron chi connectivity index (χ0n) is 11.7. The number of hydrogen-bond acceptors (Lipinski definition) is 5. The van der Waals surface area contributed by atoms with Crippen molar-refractivity contribution in [2.45, 2.75) is 31.4 Å². The molecule has 1 aliphatic heterocycles. The number of esters is 1. The van der Waals surface area contributed by atoms with E-state index in [1.165, 1.54) is 7.11 Å². The van der Waals surface area contributed by atoms with Crippen LogP contribution in [0.5, 0.6) is 5.75 Å². The second-order valence-electron chi connectivity index (χ2n) is 4.92. The second kappa shape index (κ2) is 7.26. The lowest BCUT2D eigenvalue weighted by atomic mass is 10.1. The normalized spacial score (nSPS) is 19.6. The Morgan fingerprint density at radius 2 is 2.20 bits per heavy atom. The standard InChI is InChI=1S/C15H21NO4/c1-18-15(17)14(16)9-11-4-6-12(7-5-11)20-10-13-3-2-8-19-13/h4-7,13-14H,2-3,8-10,16H2,1H3. The topological polar surface area (TPSA) is 70.8 Å². The molecule has 0 radical (unpaired) electrons. The highest BCUT2D eigenvalue weighted by molar-refractivity contribution is 5.75. The zero-order valence-corrected chi connectivity index (χ0v) is 11.7. The SMILES string of the molecule is COC(=O)C(N)Cc1ccc(OCC2CCCO2)cc1. The van der Waals surface area contributed by atoms with Crippen LogP contribution in [0.3, 0.4) is 0 Å². The molecule has 0 aliphatic carbocycles. The van der Waals surface area contributed by atoms with Crippen LogP contribution in [0.4, 0.5) is 0 Å². The average Bonchev–Trinajstić information content (AvgIpc) is 2.99. The summed E-state index contributed by atoms with van der Waals surface area (Å²) in [6, 6.07) is 6.96. The fourth-order valence-corrected chi connectivity index (χ4v) is 2.18. The van der Waals surface area contributed by atoms with Crippen molar-refractivity contribution in [1.82, 2.24) is 0 Å². The van der Waals surface area contributed by atoms with E-state index in [0.717, 1.165) is 30.8 Å². The number of methoxy groups -OCH3 is 1. The Hall–Kier alpha value is -1.59. The maximum Gasteiger partial charge on any atom is 0.322 e. The third-order valence-corrected chi connectivity index (χ3v) is 3.34. The summed E-state index contributed by atoms with van der Waals surface area (Å²) in [4.78, 5) is 11.2. The molecule has 1 saturated heterocycles. The Morgan fingerprint density at radius 3 is 2.80 bits per heavy atom. The van der Waals surface area contributed by atoms with E-state index in [2.05, 4.69) is 4.74 Å². The van der Waals surface area contributed by atoms with Crippen molar-refractivity contribution >= 4 is 5.97 Å². The Morgan fingerprint density at radius 1 is 1.45 bits per heavy atom. The molecule has 0 bridgehead atoms. The molecule has 0 spiro atoms. The van der Waals surface area contributed by atoms with Gasteiger partial charge in [0.15, 0.2) is 0 Å². The fraction of sp³-hybridized carbons (Fsp3) is 0.533. The van der Waals surface area contributed by atoms with Gasteiger partial charge in [0.1, 0.15) is 18.4 Å². The Balaban J connectivity index is 1.81. The van der Waals surface area contributed by atoms with Crippen LogP contribution in [0.1, 0.15) is 18.4 Å². The number of carbonyl (C=O) groups excluding carboxylic acids is 1. The Kier molecular flexibility index (Phi) is 5.38. The lowest BCUT2D eigenvalue weighted by Crippen LogP contribution is -2.33. The molecular formula is C15H21NO4. The fourth-order valence-electron chi connectivity index (χ4n) is 2.18. The molecule has 2 unspecified atom stereocenters. The molecule has 0 saturated carbocycles. The monoisotopic (exact) mass is 279 g/mol. The van der Waals surface area contributed by atoms with Crippen LogP contribution in [-0.2, 0) is 20.7 Å². The molecule has 110 valence electrons. The van der Waals surface area contributed by atoms with Crippen LogP contribution in [0.25, 0.3) is 0 Å². The first kappa shape index (κ1) is 14.8. The number of rotatable bonds is 6. The maximum absolute atomic E-state index is 11.2. The summed E-state index contributed by atoms with van der Waals surface area (Å²) in [6.07, 6.45) is 2.84. The predicted octanol–water partition coefficient (Wildman–Crippen LogP) is 1.29. The quantitative estimate of drug-likeness (QED) is 0.794. The van der Waals surface area contributed by atoms with Gasteiger partial charge in [-0.15, -0.1) is 0 Å². The van der Waals surface area contributed by atoms with Crippen LogP contribution in [-0.4, -0.2) is 38.4 Å². The zero-order chi connectivity index (χ0) is 14.4. The van der Waals surface area contributed by atoms with Crippen LogP contribution in [0.15, 0.2) is 24.3 Å². The van der Waals surface area contributed by atoms with Crippen molar-refractivity contribution in [2.75, 3.05) is 20.3 Å². The first-order chi connectivity index (χ1) is 9.69. The summed E-state index contributed by atoms with van der Waals surface area (Å²) in [7, 11) is 1.34. The molecule has 2 N–H and O–H groups in total. The van der Waals surface area contributed by atoms with Gasteiger partial charge in [-0.3, -0.25) is 4.79 Å². The molecule has 5 nitrogen and oxygen atoms in total. The number of hydrogen-bond donors (Lipinski definition) is 1. The van der Waals surface area contributed by atoms with E-state index in [0.29, 0.717) is 13.0 Å². The number of benzene rings is 1. The van der Waals surface area contributed by atoms with E-state index in [1.807, 2.05) is 24.3 Å². The minimum atomic E-state index is -0.626. The van der Waals surface area contributed by atoms with E-state index in [9.17, 15) is 4.79 Å². The minimum Gasteiger partial charge on any atom is -0.491 e. The Labute approximate surface area is 119 Å². The van der Waals surface area contributed by atoms with Crippen molar-refractivity contribution < 1.29 is 19.0 Å². The van der Waals surface area contributed by atoms with Crippen molar-refractivity contribution in [3.8, 4) is 5.75 Å². The van der Waals surface area contributed by atoms with E-state index in [4.69, 9.17) is 15.2 Å². The molecule has 1 heterocycles. The van der Waals surface area contributed by atoms with Gasteiger partial charge in [-0.2, -0.15) is 0 Å². The smallest absolute Gasteiger partial charge is 0.322 e. The maximum atomic E-state index is 11.2. The summed E-state index contributed by atoms with van der Waals surface area (Å²) in [5.74, 6) is 0.402. The summed E-state index contributed by atoms with van der Waals surface area (Å²) < 4.78 is 15.8. The molecule has 2 rings (SSSR count). The van der Waals surface area contributed by atoms with E-state index in [1.54, 1.807) is 0 Å². The van der Waals surface area contributed by atoms with Crippen LogP contribution >= 0.6 is 0 Å². The van der Waals surface area contributed by atoms with Crippen molar-refractivity contribution in [3.05, 3.63) is 29.8 Å². The summed E-state index contributed by atoms with van der Waals surface area (Å²) >= 11 is 0. The van der Waals surface area contributed by atoms with Crippen molar-refractivity contribution in [1.29, 1.82) is 0 Å². The molecular weight excluding hydrogens is 258 g/mol. The van der Waals surface area contributed by atoms with Gasteiger partial charge in [0, 0.05) is 6.61 Å². The van der Waals surface area contributed by atoms with Crippen LogP contribution in [0.2, 0.25) is 0 Å². The van der Waals surface area contributed by atoms with Crippen molar-refractivity contribution in [2.24, 2.45) is 5.73 Å². The second-order valence-corrected chi connectivity index (χ2v) is 4.92. The molecule has 1 aromatic carbocycles. The number of nitrogens with two attached hydrogens (primary N) is 1. The number of carbonyl (C=O) groups is 1. The van der Waals surface area contributed by atoms with Gasteiger partial charge in [-0.05, 0) is 37.0 Å². The van der Waals surface area contributed by atoms with E-state index < -0.39 is 12.0 Å². The highest BCUT2D eigenvalue weighted by atomic mass is 16.5. The van der Waals surface area contributed by atoms with Gasteiger partial charge in [0.05, 0.1) is 13.2 Å². The molecule has 5 heteroatoms. The van der Waals surface area contributed by atoms with Crippen molar-refractivity contribution in [3.63, 3.8) is 0 Å². The first-order valence-corrected chi connectivity index (χ1v) is 6.86. The minimum absolute atomic E-state index is 0.211. The molecule has 2 atom stereocenters. The van der Waals surface area contributed by atoms with Gasteiger partial charge in [-0.25, -0.2) is 0 Å². The lowest BCUT2D eigenvalue weighted by molar-refractivity contribution is -0.142. The number of ether oxygens (including phenoxy) is 3. The van der Waals surface area contributed by atoms with Gasteiger partial charge in [0.25, 0.3) is 0 Å². The average molecular weight is 279 g/mol. The third-order valence-electron chi connectivity index (χ3n) is 3.34. The lowest BCUT2D eigenvalue weighted by Gasteiger charge is -2.12. The molecule has 0 aromatic heterocycles. The predicted molar refractivity (Wildman–Crippen MR) is 74.6 cm³/mol. The molecule has 1 aromatic rings. The van der Waals surface area contributed by atoms with Gasteiger partial charge in [0.2, 0.25) is 0 Å².